The van der Waals surface area contributed by atoms with Crippen LogP contribution in [0.25, 0.3) is 33.1 Å². The third kappa shape index (κ3) is 18.3. The summed E-state index contributed by atoms with van der Waals surface area (Å²) in [6.45, 7) is 1.08. The van der Waals surface area contributed by atoms with Crippen molar-refractivity contribution in [3.63, 3.8) is 0 Å². The van der Waals surface area contributed by atoms with Gasteiger partial charge >= 0.3 is 35.2 Å². The number of carboxylic acid groups (broad SMARTS) is 1. The summed E-state index contributed by atoms with van der Waals surface area (Å²) >= 11 is 23.9. The molecule has 23 nitrogen and oxygen atoms in total. The number of thiol groups is 1. The maximum atomic E-state index is 10.6. The fourth-order valence-electron chi connectivity index (χ4n) is 3.23. The predicted octanol–water partition coefficient (Wildman–Crippen LogP) is 6.50. The summed E-state index contributed by atoms with van der Waals surface area (Å²) in [5, 5.41) is 45.2. The van der Waals surface area contributed by atoms with Gasteiger partial charge in [0.2, 0.25) is 0 Å². The number of H-pyrrole nitrogens is 3. The van der Waals surface area contributed by atoms with Crippen LogP contribution in [0.1, 0.15) is 6.92 Å². The van der Waals surface area contributed by atoms with Gasteiger partial charge in [-0.1, -0.05) is 34.8 Å². The molecule has 53 heavy (non-hydrogen) atoms. The molecule has 0 aliphatic heterocycles. The first-order chi connectivity index (χ1) is 24.6. The maximum absolute atomic E-state index is 10.6. The molecule has 1 radical (unpaired) electrons. The Bertz CT molecular complexity index is 2270. The summed E-state index contributed by atoms with van der Waals surface area (Å²) in [5.74, 6) is -0.833. The molecule has 0 atom stereocenters. The SMILES string of the molecule is CC(=O)O.Clc1ccnc2[nH]ccc12.O=S(=O)(O)O.O=[N+]([O-])O.O=[N+]([O-])c1c[nH]c2ncc(Br)c(Cl)c12.O=[N+]([O-])c1c[nH]c2nccc(Cl)c12.[B]=NS. The molecule has 6 aromatic heterocycles. The van der Waals surface area contributed by atoms with Crippen molar-refractivity contribution in [2.45, 2.75) is 6.92 Å². The van der Waals surface area contributed by atoms with Crippen LogP contribution in [0.2, 0.25) is 15.1 Å². The molecular formula is C23H20BBrCl3N10O13S2. The number of carboxylic acids is 1. The topological polar surface area (TPSA) is 360 Å². The van der Waals surface area contributed by atoms with Gasteiger partial charge in [0.1, 0.15) is 27.7 Å². The molecule has 6 rings (SSSR count). The predicted molar refractivity (Wildman–Crippen MR) is 198 cm³/mol. The summed E-state index contributed by atoms with van der Waals surface area (Å²) in [4.78, 5) is 57.8. The number of nitrogens with zero attached hydrogens (tertiary/aromatic N) is 7. The van der Waals surface area contributed by atoms with E-state index in [1.807, 2.05) is 12.3 Å². The van der Waals surface area contributed by atoms with Gasteiger partial charge in [0, 0.05) is 37.1 Å². The number of aromatic nitrogens is 6. The number of halogens is 4. The van der Waals surface area contributed by atoms with Gasteiger partial charge < -0.3 is 25.3 Å². The van der Waals surface area contributed by atoms with Crippen molar-refractivity contribution in [2.75, 3.05) is 0 Å². The summed E-state index contributed by atoms with van der Waals surface area (Å²) < 4.78 is 34.8. The average molecular weight is 906 g/mol. The minimum atomic E-state index is -4.67. The molecule has 0 amide bonds. The van der Waals surface area contributed by atoms with E-state index in [-0.39, 0.29) is 11.4 Å². The van der Waals surface area contributed by atoms with E-state index in [0.29, 0.717) is 36.6 Å². The first-order valence-corrected chi connectivity index (χ1v) is 16.4. The van der Waals surface area contributed by atoms with Gasteiger partial charge in [0.05, 0.1) is 41.8 Å². The zero-order chi connectivity index (χ0) is 41.1. The van der Waals surface area contributed by atoms with Crippen molar-refractivity contribution in [3.8, 4) is 0 Å². The quantitative estimate of drug-likeness (QED) is 0.0302. The second kappa shape index (κ2) is 23.5. The molecule has 7 N–H and O–H groups in total. The molecule has 0 bridgehead atoms. The Morgan fingerprint density at radius 1 is 0.887 bits per heavy atom. The number of hydrogen-bond acceptors (Lipinski definition) is 14. The van der Waals surface area contributed by atoms with Gasteiger partial charge in [0.15, 0.2) is 0 Å². The summed E-state index contributed by atoms with van der Waals surface area (Å²) in [7, 11) is -0.330. The van der Waals surface area contributed by atoms with Crippen molar-refractivity contribution in [1.29, 1.82) is 0 Å². The zero-order valence-electron chi connectivity index (χ0n) is 25.7. The Balaban J connectivity index is 0.000000643. The van der Waals surface area contributed by atoms with E-state index in [1.165, 1.54) is 30.9 Å². The Labute approximate surface area is 324 Å². The fraction of sp³-hybridized carbons (Fsp3) is 0.0435. The number of nitrogens with one attached hydrogen (secondary N) is 3. The van der Waals surface area contributed by atoms with Gasteiger partial charge in [-0.3, -0.25) is 34.1 Å². The molecule has 0 aromatic carbocycles. The molecular weight excluding hydrogens is 886 g/mol. The minimum absolute atomic E-state index is 0.0481. The van der Waals surface area contributed by atoms with E-state index in [2.05, 4.69) is 70.6 Å². The van der Waals surface area contributed by atoms with Crippen molar-refractivity contribution in [1.82, 2.24) is 29.9 Å². The first-order valence-electron chi connectivity index (χ1n) is 12.6. The van der Waals surface area contributed by atoms with Gasteiger partial charge in [-0.25, -0.2) is 15.0 Å². The number of nitro groups is 2. The molecule has 6 heterocycles. The summed E-state index contributed by atoms with van der Waals surface area (Å²) in [6.07, 6.45) is 9.04. The van der Waals surface area contributed by atoms with Crippen molar-refractivity contribution >= 4 is 132 Å². The van der Waals surface area contributed by atoms with Crippen LogP contribution < -0.4 is 0 Å². The molecule has 0 spiro atoms. The van der Waals surface area contributed by atoms with E-state index < -0.39 is 31.3 Å². The first kappa shape index (κ1) is 48.0. The van der Waals surface area contributed by atoms with Crippen LogP contribution in [0, 0.1) is 30.3 Å². The van der Waals surface area contributed by atoms with E-state index in [1.54, 1.807) is 12.3 Å². The number of pyridine rings is 3. The molecule has 0 saturated heterocycles. The van der Waals surface area contributed by atoms with E-state index in [9.17, 15) is 20.2 Å². The van der Waals surface area contributed by atoms with Crippen LogP contribution in [0.3, 0.4) is 0 Å². The third-order valence-corrected chi connectivity index (χ3v) is 6.74. The van der Waals surface area contributed by atoms with Crippen LogP contribution in [0.4, 0.5) is 11.4 Å². The Hall–Kier alpha value is -5.03. The normalized spacial score (nSPS) is 9.64. The molecule has 0 aliphatic rings. The van der Waals surface area contributed by atoms with Crippen molar-refractivity contribution in [3.05, 3.63) is 105 Å². The zero-order valence-corrected chi connectivity index (χ0v) is 31.3. The molecule has 30 heteroatoms. The average Bonchev–Trinajstić information content (AvgIpc) is 3.78. The number of aliphatic carboxylic acids is 1. The summed E-state index contributed by atoms with van der Waals surface area (Å²) in [6, 6.07) is 5.20. The molecule has 0 fully saturated rings. The number of rotatable bonds is 2. The second-order valence-corrected chi connectivity index (χ2v) is 11.5. The van der Waals surface area contributed by atoms with E-state index in [0.717, 1.165) is 23.0 Å². The van der Waals surface area contributed by atoms with Crippen LogP contribution in [-0.2, 0) is 15.2 Å². The van der Waals surface area contributed by atoms with E-state index in [4.69, 9.17) is 77.5 Å². The number of fused-ring (bicyclic) bond motifs is 3. The molecule has 0 unspecified atom stereocenters. The fourth-order valence-corrected chi connectivity index (χ4v) is 4.22. The molecule has 0 saturated carbocycles. The molecule has 283 valence electrons. The Kier molecular flexibility index (Phi) is 21.3. The van der Waals surface area contributed by atoms with E-state index >= 15 is 0 Å². The Morgan fingerprint density at radius 2 is 1.28 bits per heavy atom. The van der Waals surface area contributed by atoms with Crippen LogP contribution in [-0.4, -0.2) is 86.3 Å². The molecule has 6 aromatic rings. The number of carbonyl (C=O) groups is 1. The second-order valence-electron chi connectivity index (χ2n) is 8.38. The number of aromatic amines is 3. The van der Waals surface area contributed by atoms with Gasteiger partial charge in [-0.2, -0.15) is 8.42 Å². The van der Waals surface area contributed by atoms with Gasteiger partial charge in [-0.15, -0.1) is 10.1 Å². The van der Waals surface area contributed by atoms with Crippen LogP contribution in [0.15, 0.2) is 64.2 Å². The van der Waals surface area contributed by atoms with Crippen LogP contribution in [0.5, 0.6) is 0 Å². The van der Waals surface area contributed by atoms with Crippen LogP contribution >= 0.6 is 63.5 Å². The Morgan fingerprint density at radius 3 is 1.72 bits per heavy atom. The van der Waals surface area contributed by atoms with Gasteiger partial charge in [-0.05, 0) is 34.1 Å². The van der Waals surface area contributed by atoms with Gasteiger partial charge in [0.25, 0.3) is 22.4 Å². The standard InChI is InChI=1S/C7H3BrClN3O2.C7H4ClN3O2.C7H5ClN2.C2H4O2.BHNS.HNO3.H2O4S/c8-3-1-10-7-5(6(3)9)4(2-11-7)12(13)14;8-4-1-2-9-7-6(4)5(3-10-7)11(12)13;8-6-2-4-10-7-5(6)1-3-9-7;1-2(3)4;1-2-3;2-1(3)4;1-5(2,3)4/h1-2H,(H,10,11);1-3H,(H,9,10);1-4H,(H,9,10);1H3,(H,3,4);3H;(H,2,3,4);(H2,1,2,3,4). The number of hydrogen-bond donors (Lipinski definition) is 8. The monoisotopic (exact) mass is 903 g/mol. The molecule has 0 aliphatic carbocycles. The van der Waals surface area contributed by atoms with Crippen molar-refractivity contribution < 1.29 is 47.6 Å². The van der Waals surface area contributed by atoms with Crippen molar-refractivity contribution in [2.24, 2.45) is 4.30 Å². The third-order valence-electron chi connectivity index (χ3n) is 4.88. The summed E-state index contributed by atoms with van der Waals surface area (Å²) in [5.41, 5.74) is 1.56.